The van der Waals surface area contributed by atoms with Gasteiger partial charge in [0.05, 0.1) is 5.69 Å². The van der Waals surface area contributed by atoms with Gasteiger partial charge in [-0.05, 0) is 37.4 Å². The van der Waals surface area contributed by atoms with E-state index in [-0.39, 0.29) is 0 Å². The minimum Gasteiger partial charge on any atom is -0.316 e. The lowest BCUT2D eigenvalue weighted by Gasteiger charge is -2.18. The molecule has 17 heavy (non-hydrogen) atoms. The van der Waals surface area contributed by atoms with Crippen LogP contribution < -0.4 is 5.32 Å². The van der Waals surface area contributed by atoms with Crippen molar-refractivity contribution in [3.8, 4) is 0 Å². The van der Waals surface area contributed by atoms with E-state index in [4.69, 9.17) is 0 Å². The van der Waals surface area contributed by atoms with Crippen LogP contribution in [0.5, 0.6) is 0 Å². The van der Waals surface area contributed by atoms with Crippen LogP contribution in [0.25, 0.3) is 0 Å². The minimum atomic E-state index is 0.896. The molecule has 2 heterocycles. The quantitative estimate of drug-likeness (QED) is 0.882. The van der Waals surface area contributed by atoms with Crippen molar-refractivity contribution in [3.05, 3.63) is 29.6 Å². The average molecular weight is 251 g/mol. The SMILES string of the molecule is CNCc1ccc(CN2CCCSCC2)nc1. The molecule has 1 saturated heterocycles. The molecule has 1 aliphatic rings. The molecular weight excluding hydrogens is 230 g/mol. The maximum atomic E-state index is 4.53. The third kappa shape index (κ3) is 4.30. The number of thioether (sulfide) groups is 1. The van der Waals surface area contributed by atoms with Crippen molar-refractivity contribution in [1.82, 2.24) is 15.2 Å². The fourth-order valence-corrected chi connectivity index (χ4v) is 2.97. The van der Waals surface area contributed by atoms with Gasteiger partial charge in [-0.15, -0.1) is 0 Å². The molecule has 94 valence electrons. The number of nitrogens with one attached hydrogen (secondary N) is 1. The predicted octanol–water partition coefficient (Wildman–Crippen LogP) is 1.74. The second-order valence-corrected chi connectivity index (χ2v) is 5.65. The van der Waals surface area contributed by atoms with Crippen LogP contribution in [0.15, 0.2) is 18.3 Å². The number of nitrogens with zero attached hydrogens (tertiary/aromatic N) is 2. The molecule has 0 spiro atoms. The zero-order valence-corrected chi connectivity index (χ0v) is 11.3. The average Bonchev–Trinajstić information content (AvgIpc) is 2.61. The highest BCUT2D eigenvalue weighted by Crippen LogP contribution is 2.12. The summed E-state index contributed by atoms with van der Waals surface area (Å²) in [4.78, 5) is 7.05. The molecule has 1 N–H and O–H groups in total. The third-order valence-corrected chi connectivity index (χ3v) is 4.02. The van der Waals surface area contributed by atoms with Crippen LogP contribution in [-0.2, 0) is 13.1 Å². The van der Waals surface area contributed by atoms with Gasteiger partial charge in [-0.2, -0.15) is 11.8 Å². The van der Waals surface area contributed by atoms with E-state index in [9.17, 15) is 0 Å². The first kappa shape index (κ1) is 12.9. The molecule has 1 aromatic heterocycles. The summed E-state index contributed by atoms with van der Waals surface area (Å²) in [5.41, 5.74) is 2.44. The molecule has 0 bridgehead atoms. The fourth-order valence-electron chi connectivity index (χ4n) is 2.04. The summed E-state index contributed by atoms with van der Waals surface area (Å²) >= 11 is 2.07. The highest BCUT2D eigenvalue weighted by Gasteiger charge is 2.09. The highest BCUT2D eigenvalue weighted by atomic mass is 32.2. The summed E-state index contributed by atoms with van der Waals surface area (Å²) in [6.45, 7) is 4.31. The Balaban J connectivity index is 1.88. The van der Waals surface area contributed by atoms with Crippen LogP contribution in [0.2, 0.25) is 0 Å². The van der Waals surface area contributed by atoms with Gasteiger partial charge in [-0.1, -0.05) is 6.07 Å². The number of hydrogen-bond donors (Lipinski definition) is 1. The zero-order valence-electron chi connectivity index (χ0n) is 10.5. The van der Waals surface area contributed by atoms with Crippen LogP contribution in [0.3, 0.4) is 0 Å². The lowest BCUT2D eigenvalue weighted by molar-refractivity contribution is 0.284. The van der Waals surface area contributed by atoms with Crippen molar-refractivity contribution in [2.75, 3.05) is 31.6 Å². The smallest absolute Gasteiger partial charge is 0.0544 e. The molecule has 0 unspecified atom stereocenters. The Bertz CT molecular complexity index is 318. The Morgan fingerprint density at radius 1 is 1.35 bits per heavy atom. The number of aromatic nitrogens is 1. The zero-order chi connectivity index (χ0) is 11.9. The van der Waals surface area contributed by atoms with Gasteiger partial charge in [0.2, 0.25) is 0 Å². The maximum Gasteiger partial charge on any atom is 0.0544 e. The first-order valence-electron chi connectivity index (χ1n) is 6.27. The molecule has 0 atom stereocenters. The van der Waals surface area contributed by atoms with E-state index >= 15 is 0 Å². The molecule has 0 radical (unpaired) electrons. The molecule has 0 amide bonds. The molecule has 3 nitrogen and oxygen atoms in total. The van der Waals surface area contributed by atoms with Crippen LogP contribution in [-0.4, -0.2) is 41.5 Å². The summed E-state index contributed by atoms with van der Waals surface area (Å²) in [7, 11) is 1.96. The summed E-state index contributed by atoms with van der Waals surface area (Å²) in [5.74, 6) is 2.57. The van der Waals surface area contributed by atoms with Crippen molar-refractivity contribution in [2.45, 2.75) is 19.5 Å². The second-order valence-electron chi connectivity index (χ2n) is 4.43. The van der Waals surface area contributed by atoms with Crippen LogP contribution >= 0.6 is 11.8 Å². The molecular formula is C13H21N3S. The lowest BCUT2D eigenvalue weighted by Crippen LogP contribution is -2.25. The van der Waals surface area contributed by atoms with Crippen molar-refractivity contribution >= 4 is 11.8 Å². The Morgan fingerprint density at radius 2 is 2.29 bits per heavy atom. The summed E-state index contributed by atoms with van der Waals surface area (Å²) in [6, 6.07) is 4.33. The van der Waals surface area contributed by atoms with Gasteiger partial charge in [0.15, 0.2) is 0 Å². The summed E-state index contributed by atoms with van der Waals surface area (Å²) < 4.78 is 0. The predicted molar refractivity (Wildman–Crippen MR) is 74.2 cm³/mol. The normalized spacial score (nSPS) is 17.9. The molecule has 1 aliphatic heterocycles. The molecule has 0 aromatic carbocycles. The highest BCUT2D eigenvalue weighted by molar-refractivity contribution is 7.99. The fraction of sp³-hybridized carbons (Fsp3) is 0.615. The molecule has 4 heteroatoms. The summed E-state index contributed by atoms with van der Waals surface area (Å²) in [6.07, 6.45) is 3.29. The van der Waals surface area contributed by atoms with E-state index in [0.29, 0.717) is 0 Å². The number of rotatable bonds is 4. The van der Waals surface area contributed by atoms with Crippen molar-refractivity contribution in [2.24, 2.45) is 0 Å². The molecule has 2 rings (SSSR count). The van der Waals surface area contributed by atoms with E-state index in [1.54, 1.807) is 0 Å². The van der Waals surface area contributed by atoms with Gasteiger partial charge >= 0.3 is 0 Å². The Labute approximate surface area is 108 Å². The Morgan fingerprint density at radius 3 is 3.06 bits per heavy atom. The monoisotopic (exact) mass is 251 g/mol. The van der Waals surface area contributed by atoms with E-state index in [1.165, 1.54) is 42.3 Å². The molecule has 1 aromatic rings. The molecule has 0 aliphatic carbocycles. The van der Waals surface area contributed by atoms with Gasteiger partial charge in [0.1, 0.15) is 0 Å². The Kier molecular flexibility index (Phi) is 5.29. The van der Waals surface area contributed by atoms with E-state index in [0.717, 1.165) is 13.1 Å². The molecule has 0 saturated carbocycles. The van der Waals surface area contributed by atoms with E-state index in [2.05, 4.69) is 39.1 Å². The first-order chi connectivity index (χ1) is 8.38. The minimum absolute atomic E-state index is 0.896. The van der Waals surface area contributed by atoms with Gasteiger partial charge in [0.25, 0.3) is 0 Å². The molecule has 1 fully saturated rings. The first-order valence-corrected chi connectivity index (χ1v) is 7.42. The van der Waals surface area contributed by atoms with E-state index in [1.807, 2.05) is 13.2 Å². The topological polar surface area (TPSA) is 28.2 Å². The van der Waals surface area contributed by atoms with Gasteiger partial charge < -0.3 is 5.32 Å². The van der Waals surface area contributed by atoms with Crippen LogP contribution in [0, 0.1) is 0 Å². The summed E-state index contributed by atoms with van der Waals surface area (Å²) in [5, 5.41) is 3.14. The van der Waals surface area contributed by atoms with Crippen molar-refractivity contribution < 1.29 is 0 Å². The lowest BCUT2D eigenvalue weighted by atomic mass is 10.2. The Hall–Kier alpha value is -0.580. The standard InChI is InChI=1S/C13H21N3S/c1-14-9-12-3-4-13(15-10-12)11-16-5-2-7-17-8-6-16/h3-4,10,14H,2,5-9,11H2,1H3. The number of hydrogen-bond acceptors (Lipinski definition) is 4. The number of pyridine rings is 1. The third-order valence-electron chi connectivity index (χ3n) is 2.97. The maximum absolute atomic E-state index is 4.53. The van der Waals surface area contributed by atoms with Crippen LogP contribution in [0.1, 0.15) is 17.7 Å². The van der Waals surface area contributed by atoms with Crippen molar-refractivity contribution in [1.29, 1.82) is 0 Å². The largest absolute Gasteiger partial charge is 0.316 e. The van der Waals surface area contributed by atoms with E-state index < -0.39 is 0 Å². The van der Waals surface area contributed by atoms with Gasteiger partial charge in [0, 0.05) is 31.6 Å². The second kappa shape index (κ2) is 6.99. The van der Waals surface area contributed by atoms with Crippen molar-refractivity contribution in [3.63, 3.8) is 0 Å². The van der Waals surface area contributed by atoms with Gasteiger partial charge in [-0.25, -0.2) is 0 Å². The van der Waals surface area contributed by atoms with Crippen LogP contribution in [0.4, 0.5) is 0 Å². The van der Waals surface area contributed by atoms with Gasteiger partial charge in [-0.3, -0.25) is 9.88 Å².